The number of hydrogen-bond donors (Lipinski definition) is 2. The molecule has 0 saturated heterocycles. The van der Waals surface area contributed by atoms with Crippen LogP contribution in [0.4, 0.5) is 10.1 Å². The molecule has 22 heavy (non-hydrogen) atoms. The number of nitrogens with two attached hydrogens (primary N) is 1. The Morgan fingerprint density at radius 1 is 1.45 bits per heavy atom. The quantitative estimate of drug-likeness (QED) is 0.789. The molecule has 0 amide bonds. The SMILES string of the molecule is CCOC(=O)CCc1ncc(F)cc1NC1CCC(N)CC1. The fraction of sp³-hybridized carbons (Fsp3) is 0.625. The Hall–Kier alpha value is -1.69. The maximum Gasteiger partial charge on any atom is 0.306 e. The average Bonchev–Trinajstić information content (AvgIpc) is 2.49. The minimum Gasteiger partial charge on any atom is -0.466 e. The van der Waals surface area contributed by atoms with Crippen LogP contribution in [0.25, 0.3) is 0 Å². The number of carbonyl (C=O) groups is 1. The van der Waals surface area contributed by atoms with Gasteiger partial charge in [-0.1, -0.05) is 0 Å². The molecule has 0 bridgehead atoms. The average molecular weight is 309 g/mol. The van der Waals surface area contributed by atoms with Crippen molar-refractivity contribution in [2.75, 3.05) is 11.9 Å². The van der Waals surface area contributed by atoms with Gasteiger partial charge in [0, 0.05) is 24.6 Å². The molecule has 122 valence electrons. The van der Waals surface area contributed by atoms with Crippen molar-refractivity contribution >= 4 is 11.7 Å². The van der Waals surface area contributed by atoms with Crippen LogP contribution in [0.2, 0.25) is 0 Å². The molecule has 1 saturated carbocycles. The number of aryl methyl sites for hydroxylation is 1. The smallest absolute Gasteiger partial charge is 0.306 e. The van der Waals surface area contributed by atoms with E-state index in [1.807, 2.05) is 0 Å². The normalized spacial score (nSPS) is 21.4. The van der Waals surface area contributed by atoms with Crippen LogP contribution in [0.1, 0.15) is 44.7 Å². The molecule has 5 nitrogen and oxygen atoms in total. The lowest BCUT2D eigenvalue weighted by Crippen LogP contribution is -2.33. The molecule has 1 aliphatic rings. The maximum atomic E-state index is 13.5. The second-order valence-corrected chi connectivity index (χ2v) is 5.71. The van der Waals surface area contributed by atoms with Crippen LogP contribution in [0.15, 0.2) is 12.3 Å². The molecule has 0 spiro atoms. The summed E-state index contributed by atoms with van der Waals surface area (Å²) < 4.78 is 18.4. The number of ether oxygens (including phenoxy) is 1. The van der Waals surface area contributed by atoms with E-state index in [-0.39, 0.29) is 30.3 Å². The Labute approximate surface area is 130 Å². The summed E-state index contributed by atoms with van der Waals surface area (Å²) in [6.45, 7) is 2.14. The predicted octanol–water partition coefficient (Wildman–Crippen LogP) is 2.40. The minimum atomic E-state index is -0.380. The Morgan fingerprint density at radius 3 is 2.86 bits per heavy atom. The van der Waals surface area contributed by atoms with Crippen molar-refractivity contribution in [2.24, 2.45) is 5.73 Å². The zero-order valence-electron chi connectivity index (χ0n) is 13.0. The van der Waals surface area contributed by atoms with Crippen LogP contribution in [0, 0.1) is 5.82 Å². The maximum absolute atomic E-state index is 13.5. The van der Waals surface area contributed by atoms with Gasteiger partial charge in [-0.05, 0) is 32.6 Å². The molecule has 3 N–H and O–H groups in total. The van der Waals surface area contributed by atoms with Crippen LogP contribution in [0.3, 0.4) is 0 Å². The van der Waals surface area contributed by atoms with E-state index >= 15 is 0 Å². The summed E-state index contributed by atoms with van der Waals surface area (Å²) >= 11 is 0. The molecule has 0 atom stereocenters. The van der Waals surface area contributed by atoms with Crippen molar-refractivity contribution < 1.29 is 13.9 Å². The zero-order valence-corrected chi connectivity index (χ0v) is 13.0. The van der Waals surface area contributed by atoms with Crippen LogP contribution in [-0.2, 0) is 16.0 Å². The lowest BCUT2D eigenvalue weighted by atomic mass is 9.91. The van der Waals surface area contributed by atoms with Crippen molar-refractivity contribution in [2.45, 2.75) is 57.5 Å². The molecule has 2 rings (SSSR count). The van der Waals surface area contributed by atoms with E-state index in [2.05, 4.69) is 10.3 Å². The third-order valence-corrected chi connectivity index (χ3v) is 3.94. The number of halogens is 1. The van der Waals surface area contributed by atoms with Crippen molar-refractivity contribution in [1.82, 2.24) is 4.98 Å². The van der Waals surface area contributed by atoms with Crippen molar-refractivity contribution in [3.63, 3.8) is 0 Å². The molecule has 0 radical (unpaired) electrons. The molecule has 1 aromatic rings. The van der Waals surface area contributed by atoms with E-state index in [0.29, 0.717) is 24.4 Å². The van der Waals surface area contributed by atoms with Gasteiger partial charge < -0.3 is 15.8 Å². The number of esters is 1. The first kappa shape index (κ1) is 16.7. The highest BCUT2D eigenvalue weighted by Crippen LogP contribution is 2.24. The van der Waals surface area contributed by atoms with Gasteiger partial charge in [-0.3, -0.25) is 9.78 Å². The van der Waals surface area contributed by atoms with Gasteiger partial charge >= 0.3 is 5.97 Å². The van der Waals surface area contributed by atoms with E-state index in [1.165, 1.54) is 12.3 Å². The molecule has 0 aromatic carbocycles. The van der Waals surface area contributed by atoms with Crippen LogP contribution >= 0.6 is 0 Å². The number of anilines is 1. The van der Waals surface area contributed by atoms with Gasteiger partial charge in [0.1, 0.15) is 5.82 Å². The summed E-state index contributed by atoms with van der Waals surface area (Å²) in [5.41, 5.74) is 7.27. The minimum absolute atomic E-state index is 0.247. The van der Waals surface area contributed by atoms with E-state index in [9.17, 15) is 9.18 Å². The van der Waals surface area contributed by atoms with Crippen molar-refractivity contribution in [3.8, 4) is 0 Å². The number of carbonyl (C=O) groups excluding carboxylic acids is 1. The standard InChI is InChI=1S/C16H24FN3O2/c1-2-22-16(21)8-7-14-15(9-11(17)10-19-14)20-13-5-3-12(18)4-6-13/h9-10,12-13,20H,2-8,18H2,1H3. The molecular weight excluding hydrogens is 285 g/mol. The highest BCUT2D eigenvalue weighted by atomic mass is 19.1. The largest absolute Gasteiger partial charge is 0.466 e. The van der Waals surface area contributed by atoms with Gasteiger partial charge in [0.15, 0.2) is 0 Å². The van der Waals surface area contributed by atoms with Crippen molar-refractivity contribution in [1.29, 1.82) is 0 Å². The number of aromatic nitrogens is 1. The number of nitrogens with one attached hydrogen (secondary N) is 1. The summed E-state index contributed by atoms with van der Waals surface area (Å²) in [6.07, 6.45) is 5.74. The number of pyridine rings is 1. The second kappa shape index (κ2) is 8.08. The number of hydrogen-bond acceptors (Lipinski definition) is 5. The van der Waals surface area contributed by atoms with E-state index in [4.69, 9.17) is 10.5 Å². The van der Waals surface area contributed by atoms with Gasteiger partial charge in [0.2, 0.25) is 0 Å². The predicted molar refractivity (Wildman–Crippen MR) is 83.0 cm³/mol. The van der Waals surface area contributed by atoms with Gasteiger partial charge in [0.05, 0.1) is 30.6 Å². The van der Waals surface area contributed by atoms with E-state index in [1.54, 1.807) is 6.92 Å². The molecule has 6 heteroatoms. The fourth-order valence-electron chi connectivity index (χ4n) is 2.73. The molecule has 1 aromatic heterocycles. The second-order valence-electron chi connectivity index (χ2n) is 5.71. The Kier molecular flexibility index (Phi) is 6.12. The monoisotopic (exact) mass is 309 g/mol. The number of rotatable bonds is 6. The van der Waals surface area contributed by atoms with E-state index in [0.717, 1.165) is 25.7 Å². The highest BCUT2D eigenvalue weighted by molar-refractivity contribution is 5.70. The van der Waals surface area contributed by atoms with Gasteiger partial charge in [-0.25, -0.2) is 4.39 Å². The first-order valence-corrected chi connectivity index (χ1v) is 7.90. The third kappa shape index (κ3) is 4.94. The van der Waals surface area contributed by atoms with Gasteiger partial charge in [-0.15, -0.1) is 0 Å². The van der Waals surface area contributed by atoms with E-state index < -0.39 is 0 Å². The van der Waals surface area contributed by atoms with Crippen LogP contribution in [-0.4, -0.2) is 29.6 Å². The third-order valence-electron chi connectivity index (χ3n) is 3.94. The topological polar surface area (TPSA) is 77.2 Å². The van der Waals surface area contributed by atoms with Crippen LogP contribution < -0.4 is 11.1 Å². The lowest BCUT2D eigenvalue weighted by molar-refractivity contribution is -0.143. The lowest BCUT2D eigenvalue weighted by Gasteiger charge is -2.28. The highest BCUT2D eigenvalue weighted by Gasteiger charge is 2.20. The summed E-state index contributed by atoms with van der Waals surface area (Å²) in [5.74, 6) is -0.641. The summed E-state index contributed by atoms with van der Waals surface area (Å²) in [6, 6.07) is 2.00. The molecular formula is C16H24FN3O2. The Bertz CT molecular complexity index is 502. The Balaban J connectivity index is 1.99. The van der Waals surface area contributed by atoms with Gasteiger partial charge in [-0.2, -0.15) is 0 Å². The molecule has 0 unspecified atom stereocenters. The fourth-order valence-corrected chi connectivity index (χ4v) is 2.73. The molecule has 1 heterocycles. The number of nitrogens with zero attached hydrogens (tertiary/aromatic N) is 1. The van der Waals surface area contributed by atoms with Crippen LogP contribution in [0.5, 0.6) is 0 Å². The zero-order chi connectivity index (χ0) is 15.9. The molecule has 0 aliphatic heterocycles. The summed E-state index contributed by atoms with van der Waals surface area (Å²) in [4.78, 5) is 15.6. The molecule has 1 fully saturated rings. The summed E-state index contributed by atoms with van der Waals surface area (Å²) in [5, 5.41) is 3.36. The Morgan fingerprint density at radius 2 is 2.18 bits per heavy atom. The van der Waals surface area contributed by atoms with Gasteiger partial charge in [0.25, 0.3) is 0 Å². The van der Waals surface area contributed by atoms with Crippen molar-refractivity contribution in [3.05, 3.63) is 23.8 Å². The summed E-state index contributed by atoms with van der Waals surface area (Å²) in [7, 11) is 0. The first-order valence-electron chi connectivity index (χ1n) is 7.90. The molecule has 1 aliphatic carbocycles. The first-order chi connectivity index (χ1) is 10.6.